The maximum atomic E-state index is 11.6. The molecule has 0 atom stereocenters. The molecule has 7 heteroatoms. The average Bonchev–Trinajstić information content (AvgIpc) is 3.02. The van der Waals surface area contributed by atoms with Crippen molar-refractivity contribution in [1.82, 2.24) is 25.3 Å². The fraction of sp³-hybridized carbons (Fsp3) is 0.429. The second kappa shape index (κ2) is 6.45. The number of amides is 1. The monoisotopic (exact) mass is 288 g/mol. The first-order valence-electron chi connectivity index (χ1n) is 7.01. The summed E-state index contributed by atoms with van der Waals surface area (Å²) in [6.45, 7) is 4.47. The average molecular weight is 288 g/mol. The molecule has 0 saturated carbocycles. The van der Waals surface area contributed by atoms with Gasteiger partial charge in [-0.05, 0) is 24.5 Å². The summed E-state index contributed by atoms with van der Waals surface area (Å²) in [5, 5.41) is 15.3. The zero-order chi connectivity index (χ0) is 15.4. The number of nitrogens with one attached hydrogen (secondary N) is 1. The minimum absolute atomic E-state index is 0.239. The Morgan fingerprint density at radius 3 is 2.62 bits per heavy atom. The highest BCUT2D eigenvalue weighted by Gasteiger charge is 2.16. The molecule has 0 aliphatic rings. The van der Waals surface area contributed by atoms with Gasteiger partial charge in [0.25, 0.3) is 5.91 Å². The van der Waals surface area contributed by atoms with Crippen LogP contribution in [0.15, 0.2) is 12.3 Å². The quantitative estimate of drug-likeness (QED) is 0.839. The van der Waals surface area contributed by atoms with Crippen molar-refractivity contribution in [2.75, 3.05) is 7.05 Å². The molecule has 2 aromatic rings. The predicted molar refractivity (Wildman–Crippen MR) is 79.2 cm³/mol. The largest absolute Gasteiger partial charge is 0.354 e. The van der Waals surface area contributed by atoms with E-state index in [9.17, 15) is 4.79 Å². The second-order valence-corrected chi connectivity index (χ2v) is 4.56. The van der Waals surface area contributed by atoms with Gasteiger partial charge < -0.3 is 11.1 Å². The summed E-state index contributed by atoms with van der Waals surface area (Å²) in [5.74, 6) is 0.346. The Bertz CT molecular complexity index is 649. The minimum Gasteiger partial charge on any atom is -0.354 e. The maximum absolute atomic E-state index is 11.6. The van der Waals surface area contributed by atoms with Crippen LogP contribution in [0.4, 0.5) is 0 Å². The van der Waals surface area contributed by atoms with Crippen LogP contribution in [-0.4, -0.2) is 32.9 Å². The van der Waals surface area contributed by atoms with Crippen molar-refractivity contribution in [1.29, 1.82) is 0 Å². The molecule has 0 bridgehead atoms. The van der Waals surface area contributed by atoms with E-state index in [0.717, 1.165) is 29.7 Å². The summed E-state index contributed by atoms with van der Waals surface area (Å²) in [6, 6.07) is 1.64. The number of nitrogens with zero attached hydrogens (tertiary/aromatic N) is 4. The Balaban J connectivity index is 2.53. The molecule has 0 aliphatic heterocycles. The van der Waals surface area contributed by atoms with Gasteiger partial charge in [-0.25, -0.2) is 4.68 Å². The molecule has 0 radical (unpaired) electrons. The van der Waals surface area contributed by atoms with Crippen molar-refractivity contribution in [2.45, 2.75) is 33.2 Å². The standard InChI is InChI=1S/C14H20N6O/c1-4-9-10(8-15)13(18-17-11(9)5-2)20-7-6-12(19-20)14(21)16-3/h6-7H,4-5,8,15H2,1-3H3,(H,16,21). The number of hydrogen-bond acceptors (Lipinski definition) is 5. The number of carbonyl (C=O) groups excluding carboxylic acids is 1. The molecule has 7 nitrogen and oxygen atoms in total. The van der Waals surface area contributed by atoms with E-state index >= 15 is 0 Å². The van der Waals surface area contributed by atoms with Crippen LogP contribution in [0, 0.1) is 0 Å². The Morgan fingerprint density at radius 1 is 1.29 bits per heavy atom. The van der Waals surface area contributed by atoms with Crippen LogP contribution in [0.5, 0.6) is 0 Å². The first-order valence-corrected chi connectivity index (χ1v) is 7.01. The highest BCUT2D eigenvalue weighted by Crippen LogP contribution is 2.19. The van der Waals surface area contributed by atoms with Crippen LogP contribution in [0.1, 0.15) is 41.2 Å². The van der Waals surface area contributed by atoms with E-state index in [1.165, 1.54) is 0 Å². The summed E-state index contributed by atoms with van der Waals surface area (Å²) in [5.41, 5.74) is 9.22. The van der Waals surface area contributed by atoms with Gasteiger partial charge in [0, 0.05) is 25.4 Å². The number of aromatic nitrogens is 4. The van der Waals surface area contributed by atoms with E-state index in [4.69, 9.17) is 5.73 Å². The fourth-order valence-corrected chi connectivity index (χ4v) is 2.33. The third kappa shape index (κ3) is 2.78. The molecule has 0 aromatic carbocycles. The van der Waals surface area contributed by atoms with E-state index in [-0.39, 0.29) is 5.91 Å². The van der Waals surface area contributed by atoms with Crippen LogP contribution >= 0.6 is 0 Å². The highest BCUT2D eigenvalue weighted by molar-refractivity contribution is 5.91. The Labute approximate surface area is 123 Å². The van der Waals surface area contributed by atoms with Crippen LogP contribution in [-0.2, 0) is 19.4 Å². The molecule has 1 amide bonds. The van der Waals surface area contributed by atoms with Crippen LogP contribution in [0.2, 0.25) is 0 Å². The van der Waals surface area contributed by atoms with Crippen molar-refractivity contribution in [3.8, 4) is 5.82 Å². The first-order chi connectivity index (χ1) is 10.2. The topological polar surface area (TPSA) is 98.7 Å². The van der Waals surface area contributed by atoms with Gasteiger partial charge in [-0.3, -0.25) is 4.79 Å². The van der Waals surface area contributed by atoms with Gasteiger partial charge in [0.2, 0.25) is 0 Å². The third-order valence-electron chi connectivity index (χ3n) is 3.41. The van der Waals surface area contributed by atoms with E-state index < -0.39 is 0 Å². The Morgan fingerprint density at radius 2 is 2.05 bits per heavy atom. The molecule has 0 aliphatic carbocycles. The zero-order valence-corrected chi connectivity index (χ0v) is 12.6. The van der Waals surface area contributed by atoms with Gasteiger partial charge >= 0.3 is 0 Å². The molecule has 2 rings (SSSR count). The molecule has 2 aromatic heterocycles. The molecular formula is C14H20N6O. The number of hydrogen-bond donors (Lipinski definition) is 2. The lowest BCUT2D eigenvalue weighted by Gasteiger charge is -2.13. The van der Waals surface area contributed by atoms with Crippen molar-refractivity contribution in [3.63, 3.8) is 0 Å². The summed E-state index contributed by atoms with van der Waals surface area (Å²) < 4.78 is 1.55. The summed E-state index contributed by atoms with van der Waals surface area (Å²) in [6.07, 6.45) is 3.34. The predicted octanol–water partition coefficient (Wildman–Crippen LogP) is 0.605. The fourth-order valence-electron chi connectivity index (χ4n) is 2.33. The molecule has 21 heavy (non-hydrogen) atoms. The molecule has 0 spiro atoms. The summed E-state index contributed by atoms with van der Waals surface area (Å²) >= 11 is 0. The van der Waals surface area contributed by atoms with Crippen molar-refractivity contribution in [3.05, 3.63) is 34.8 Å². The number of nitrogens with two attached hydrogens (primary N) is 1. The second-order valence-electron chi connectivity index (χ2n) is 4.56. The smallest absolute Gasteiger partial charge is 0.271 e. The van der Waals surface area contributed by atoms with Crippen LogP contribution < -0.4 is 11.1 Å². The third-order valence-corrected chi connectivity index (χ3v) is 3.41. The van der Waals surface area contributed by atoms with Gasteiger partial charge in [-0.1, -0.05) is 13.8 Å². The lowest BCUT2D eigenvalue weighted by atomic mass is 10.0. The lowest BCUT2D eigenvalue weighted by Crippen LogP contribution is -2.19. The van der Waals surface area contributed by atoms with E-state index in [1.807, 2.05) is 6.92 Å². The summed E-state index contributed by atoms with van der Waals surface area (Å²) in [4.78, 5) is 11.6. The molecule has 0 saturated heterocycles. The van der Waals surface area contributed by atoms with Crippen molar-refractivity contribution >= 4 is 5.91 Å². The van der Waals surface area contributed by atoms with Gasteiger partial charge in [-0.2, -0.15) is 10.2 Å². The normalized spacial score (nSPS) is 10.7. The molecule has 0 fully saturated rings. The molecule has 3 N–H and O–H groups in total. The lowest BCUT2D eigenvalue weighted by molar-refractivity contribution is 0.0957. The highest BCUT2D eigenvalue weighted by atomic mass is 16.1. The first kappa shape index (κ1) is 15.1. The molecule has 0 unspecified atom stereocenters. The number of carbonyl (C=O) groups is 1. The van der Waals surface area contributed by atoms with Gasteiger partial charge in [-0.15, -0.1) is 5.10 Å². The molecular weight excluding hydrogens is 268 g/mol. The Kier molecular flexibility index (Phi) is 4.64. The van der Waals surface area contributed by atoms with Crippen LogP contribution in [0.3, 0.4) is 0 Å². The van der Waals surface area contributed by atoms with Crippen LogP contribution in [0.25, 0.3) is 5.82 Å². The van der Waals surface area contributed by atoms with E-state index in [0.29, 0.717) is 18.1 Å². The molecule has 112 valence electrons. The van der Waals surface area contributed by atoms with Gasteiger partial charge in [0.15, 0.2) is 11.5 Å². The van der Waals surface area contributed by atoms with Gasteiger partial charge in [0.05, 0.1) is 5.69 Å². The Hall–Kier alpha value is -2.28. The zero-order valence-electron chi connectivity index (χ0n) is 12.6. The van der Waals surface area contributed by atoms with E-state index in [1.54, 1.807) is 24.0 Å². The van der Waals surface area contributed by atoms with E-state index in [2.05, 4.69) is 27.5 Å². The molecule has 2 heterocycles. The maximum Gasteiger partial charge on any atom is 0.271 e. The van der Waals surface area contributed by atoms with Gasteiger partial charge in [0.1, 0.15) is 0 Å². The number of aryl methyl sites for hydroxylation is 1. The minimum atomic E-state index is -0.239. The number of rotatable bonds is 5. The van der Waals surface area contributed by atoms with Crippen molar-refractivity contribution in [2.24, 2.45) is 5.73 Å². The van der Waals surface area contributed by atoms with Crippen molar-refractivity contribution < 1.29 is 4.79 Å². The SMILES string of the molecule is CCc1nnc(-n2ccc(C(=O)NC)n2)c(CN)c1CC. The summed E-state index contributed by atoms with van der Waals surface area (Å²) in [7, 11) is 1.57.